The van der Waals surface area contributed by atoms with Crippen LogP contribution in [0.3, 0.4) is 0 Å². The van der Waals surface area contributed by atoms with Gasteiger partial charge in [0.1, 0.15) is 0 Å². The van der Waals surface area contributed by atoms with Crippen LogP contribution < -0.4 is 42.0 Å². The van der Waals surface area contributed by atoms with Crippen LogP contribution in [0.1, 0.15) is 11.1 Å². The molecule has 11 rings (SSSR count). The van der Waals surface area contributed by atoms with Crippen molar-refractivity contribution in [3.8, 4) is 22.3 Å². The zero-order valence-electron chi connectivity index (χ0n) is 30.3. The number of benzene rings is 8. The first kappa shape index (κ1) is 31.7. The lowest BCUT2D eigenvalue weighted by Gasteiger charge is -2.42. The molecule has 0 saturated carbocycles. The number of rotatable bonds is 4. The van der Waals surface area contributed by atoms with Crippen LogP contribution in [0.2, 0.25) is 0 Å². The topological polar surface area (TPSA) is 3.24 Å². The Morgan fingerprint density at radius 2 is 1.09 bits per heavy atom. The van der Waals surface area contributed by atoms with Crippen molar-refractivity contribution in [2.75, 3.05) is 4.90 Å². The molecule has 3 aliphatic rings. The molecule has 8 aromatic rings. The number of hydrogen-bond donors (Lipinski definition) is 0. The summed E-state index contributed by atoms with van der Waals surface area (Å²) >= 11 is 1.94. The molecule has 254 valence electrons. The van der Waals surface area contributed by atoms with Gasteiger partial charge in [0.25, 0.3) is 0 Å². The van der Waals surface area contributed by atoms with E-state index in [0.717, 1.165) is 0 Å². The maximum Gasteiger partial charge on any atom is 0.249 e. The standard InChI is InChI=1S/C50H36BNSSi/c1-33-26-27-46-42(28-33)51-41-32-49-40(39-23-13-15-25-48(39)54(49,36-18-8-4-9-19-36)37-20-10-5-11-21-37)31-44(41)52(45-29-34(2)30-47(53-46)50(45)51)43-24-14-12-22-38(43)35-16-6-3-7-17-35/h3-32H,1-2H3. The average molecular weight is 722 g/mol. The van der Waals surface area contributed by atoms with Crippen LogP contribution in [0, 0.1) is 13.8 Å². The van der Waals surface area contributed by atoms with Gasteiger partial charge in [0, 0.05) is 26.7 Å². The van der Waals surface area contributed by atoms with Crippen LogP contribution in [0.15, 0.2) is 192 Å². The second kappa shape index (κ2) is 12.1. The van der Waals surface area contributed by atoms with E-state index >= 15 is 0 Å². The van der Waals surface area contributed by atoms with Gasteiger partial charge in [0.15, 0.2) is 8.07 Å². The smallest absolute Gasteiger partial charge is 0.249 e. The van der Waals surface area contributed by atoms with Crippen LogP contribution in [0.25, 0.3) is 22.3 Å². The Kier molecular flexibility index (Phi) is 7.11. The second-order valence-corrected chi connectivity index (χ2v) is 19.8. The average Bonchev–Trinajstić information content (AvgIpc) is 3.51. The summed E-state index contributed by atoms with van der Waals surface area (Å²) in [7, 11) is -2.71. The minimum Gasteiger partial charge on any atom is -0.311 e. The third kappa shape index (κ3) is 4.48. The highest BCUT2D eigenvalue weighted by Crippen LogP contribution is 2.46. The first-order valence-corrected chi connectivity index (χ1v) is 21.7. The van der Waals surface area contributed by atoms with E-state index in [-0.39, 0.29) is 6.71 Å². The van der Waals surface area contributed by atoms with Gasteiger partial charge in [-0.3, -0.25) is 0 Å². The van der Waals surface area contributed by atoms with Crippen molar-refractivity contribution in [1.29, 1.82) is 0 Å². The molecule has 0 amide bonds. The molecule has 8 aromatic carbocycles. The lowest BCUT2D eigenvalue weighted by atomic mass is 9.34. The molecule has 54 heavy (non-hydrogen) atoms. The van der Waals surface area contributed by atoms with Gasteiger partial charge < -0.3 is 4.90 Å². The highest BCUT2D eigenvalue weighted by Gasteiger charge is 2.51. The Morgan fingerprint density at radius 1 is 0.444 bits per heavy atom. The van der Waals surface area contributed by atoms with Crippen molar-refractivity contribution in [2.24, 2.45) is 0 Å². The van der Waals surface area contributed by atoms with E-state index in [9.17, 15) is 0 Å². The summed E-state index contributed by atoms with van der Waals surface area (Å²) in [6.45, 7) is 4.60. The predicted octanol–water partition coefficient (Wildman–Crippen LogP) is 8.09. The predicted molar refractivity (Wildman–Crippen MR) is 234 cm³/mol. The lowest BCUT2D eigenvalue weighted by Crippen LogP contribution is -2.73. The van der Waals surface area contributed by atoms with Gasteiger partial charge in [-0.1, -0.05) is 174 Å². The van der Waals surface area contributed by atoms with E-state index in [1.165, 1.54) is 97.4 Å². The summed E-state index contributed by atoms with van der Waals surface area (Å²) in [6, 6.07) is 69.2. The van der Waals surface area contributed by atoms with Gasteiger partial charge in [0.05, 0.1) is 5.69 Å². The number of para-hydroxylation sites is 1. The summed E-state index contributed by atoms with van der Waals surface area (Å²) < 4.78 is 0. The molecule has 3 heterocycles. The zero-order valence-corrected chi connectivity index (χ0v) is 32.1. The van der Waals surface area contributed by atoms with Gasteiger partial charge in [0.2, 0.25) is 6.71 Å². The molecule has 0 radical (unpaired) electrons. The van der Waals surface area contributed by atoms with Crippen molar-refractivity contribution in [3.05, 3.63) is 193 Å². The van der Waals surface area contributed by atoms with E-state index in [4.69, 9.17) is 0 Å². The normalized spacial score (nSPS) is 14.1. The molecule has 1 nitrogen and oxygen atoms in total. The second-order valence-electron chi connectivity index (χ2n) is 15.0. The van der Waals surface area contributed by atoms with Crippen molar-refractivity contribution >= 4 is 80.7 Å². The molecule has 0 spiro atoms. The van der Waals surface area contributed by atoms with E-state index in [1.54, 1.807) is 0 Å². The summed E-state index contributed by atoms with van der Waals surface area (Å²) in [4.78, 5) is 5.33. The molecule has 0 atom stereocenters. The summed E-state index contributed by atoms with van der Waals surface area (Å²) in [5.41, 5.74) is 15.7. The first-order valence-electron chi connectivity index (χ1n) is 18.9. The maximum absolute atomic E-state index is 2.71. The SMILES string of the molecule is Cc1ccc2c(c1)B1c3cc4c(cc3N(c3ccccc3-c3ccccc3)c3cc(C)cc(c31)S2)-c1ccccc1[Si]4(c1ccccc1)c1ccccc1. The van der Waals surface area contributed by atoms with Gasteiger partial charge in [-0.2, -0.15) is 0 Å². The summed E-state index contributed by atoms with van der Waals surface area (Å²) in [6.07, 6.45) is 0. The van der Waals surface area contributed by atoms with E-state index in [1.807, 2.05) is 11.8 Å². The molecule has 0 aromatic heterocycles. The van der Waals surface area contributed by atoms with E-state index in [0.29, 0.717) is 0 Å². The Hall–Kier alpha value is -5.81. The number of nitrogens with zero attached hydrogens (tertiary/aromatic N) is 1. The molecule has 0 aliphatic carbocycles. The van der Waals surface area contributed by atoms with E-state index < -0.39 is 8.07 Å². The van der Waals surface area contributed by atoms with Crippen molar-refractivity contribution in [1.82, 2.24) is 0 Å². The van der Waals surface area contributed by atoms with Crippen LogP contribution in [-0.4, -0.2) is 14.8 Å². The molecule has 0 bridgehead atoms. The molecule has 0 fully saturated rings. The maximum atomic E-state index is 2.67. The molecular weight excluding hydrogens is 686 g/mol. The molecule has 3 aliphatic heterocycles. The summed E-state index contributed by atoms with van der Waals surface area (Å²) in [5.74, 6) is 0. The largest absolute Gasteiger partial charge is 0.311 e. The fourth-order valence-corrected chi connectivity index (χ4v) is 16.2. The molecular formula is C50H36BNSSi. The van der Waals surface area contributed by atoms with Crippen LogP contribution in [-0.2, 0) is 0 Å². The number of fused-ring (bicyclic) bond motifs is 7. The fourth-order valence-electron chi connectivity index (χ4n) is 9.73. The van der Waals surface area contributed by atoms with Crippen molar-refractivity contribution in [2.45, 2.75) is 23.6 Å². The van der Waals surface area contributed by atoms with E-state index in [2.05, 4.69) is 201 Å². The minimum atomic E-state index is -2.71. The van der Waals surface area contributed by atoms with Crippen LogP contribution in [0.4, 0.5) is 17.1 Å². The van der Waals surface area contributed by atoms with Gasteiger partial charge in [-0.25, -0.2) is 0 Å². The highest BCUT2D eigenvalue weighted by atomic mass is 32.2. The Labute approximate surface area is 323 Å². The molecule has 4 heteroatoms. The third-order valence-corrected chi connectivity index (χ3v) is 17.9. The van der Waals surface area contributed by atoms with Crippen LogP contribution >= 0.6 is 11.8 Å². The first-order chi connectivity index (χ1) is 26.6. The Balaban J connectivity index is 1.30. The lowest BCUT2D eigenvalue weighted by molar-refractivity contribution is 1.25. The van der Waals surface area contributed by atoms with Gasteiger partial charge in [-0.05, 0) is 98.1 Å². The summed E-state index contributed by atoms with van der Waals surface area (Å²) in [5, 5.41) is 5.81. The molecule has 0 saturated heterocycles. The Bertz CT molecular complexity index is 2740. The molecule has 0 unspecified atom stereocenters. The number of aryl methyl sites for hydroxylation is 2. The van der Waals surface area contributed by atoms with Crippen LogP contribution in [0.5, 0.6) is 0 Å². The Morgan fingerprint density at radius 3 is 1.83 bits per heavy atom. The van der Waals surface area contributed by atoms with Crippen molar-refractivity contribution < 1.29 is 0 Å². The zero-order chi connectivity index (χ0) is 36.0. The minimum absolute atomic E-state index is 0.106. The van der Waals surface area contributed by atoms with Crippen molar-refractivity contribution in [3.63, 3.8) is 0 Å². The van der Waals surface area contributed by atoms with Gasteiger partial charge in [-0.15, -0.1) is 0 Å². The molecule has 0 N–H and O–H groups in total. The monoisotopic (exact) mass is 721 g/mol. The highest BCUT2D eigenvalue weighted by molar-refractivity contribution is 8.00. The number of anilines is 3. The third-order valence-electron chi connectivity index (χ3n) is 11.9. The van der Waals surface area contributed by atoms with Gasteiger partial charge >= 0.3 is 0 Å². The fraction of sp³-hybridized carbons (Fsp3) is 0.0400. The number of hydrogen-bond acceptors (Lipinski definition) is 2. The quantitative estimate of drug-likeness (QED) is 0.169.